The Morgan fingerprint density at radius 3 is 2.78 bits per heavy atom. The van der Waals surface area contributed by atoms with Crippen molar-refractivity contribution in [1.82, 2.24) is 9.97 Å². The molecule has 2 aromatic rings. The van der Waals surface area contributed by atoms with Crippen LogP contribution in [0.5, 0.6) is 11.5 Å². The molecule has 3 N–H and O–H groups in total. The highest BCUT2D eigenvalue weighted by atomic mass is 16.3. The Morgan fingerprint density at radius 2 is 2.06 bits per heavy atom. The molecule has 92 valence electrons. The molecule has 0 unspecified atom stereocenters. The Balaban J connectivity index is 2.60. The maximum Gasteiger partial charge on any atom is 0.184 e. The van der Waals surface area contributed by atoms with Crippen molar-refractivity contribution < 1.29 is 10.2 Å². The first kappa shape index (κ1) is 10.9. The van der Waals surface area contributed by atoms with E-state index in [9.17, 15) is 10.2 Å². The second-order valence-electron chi connectivity index (χ2n) is 4.70. The van der Waals surface area contributed by atoms with Gasteiger partial charge in [0, 0.05) is 10.8 Å². The van der Waals surface area contributed by atoms with Crippen LogP contribution in [0, 0.1) is 0 Å². The molecule has 0 aliphatic heterocycles. The summed E-state index contributed by atoms with van der Waals surface area (Å²) in [5.41, 5.74) is 3.70. The number of aromatic nitrogens is 2. The van der Waals surface area contributed by atoms with Crippen molar-refractivity contribution >= 4 is 22.7 Å². The van der Waals surface area contributed by atoms with Crippen LogP contribution in [0.3, 0.4) is 0 Å². The van der Waals surface area contributed by atoms with Gasteiger partial charge in [0.2, 0.25) is 0 Å². The molecule has 0 saturated heterocycles. The van der Waals surface area contributed by atoms with Gasteiger partial charge in [0.05, 0.1) is 0 Å². The molecule has 1 aromatic heterocycles. The number of rotatable bonds is 0. The Morgan fingerprint density at radius 1 is 1.28 bits per heavy atom. The summed E-state index contributed by atoms with van der Waals surface area (Å²) in [5.74, 6) is -0.172. The summed E-state index contributed by atoms with van der Waals surface area (Å²) in [6.45, 7) is 3.90. The number of allylic oxidation sites excluding steroid dienone is 2. The molecule has 1 aliphatic carbocycles. The van der Waals surface area contributed by atoms with Gasteiger partial charge in [0.1, 0.15) is 16.5 Å². The minimum absolute atomic E-state index is 0.0537. The molecular weight excluding hydrogens is 228 g/mol. The number of aromatic amines is 1. The number of phenolic OH excluding ortho intramolecular Hbond substituents is 2. The van der Waals surface area contributed by atoms with Crippen LogP contribution in [0.4, 0.5) is 0 Å². The number of aromatic hydroxyl groups is 2. The van der Waals surface area contributed by atoms with Crippen molar-refractivity contribution in [2.75, 3.05) is 0 Å². The third-order valence-electron chi connectivity index (χ3n) is 3.23. The van der Waals surface area contributed by atoms with E-state index >= 15 is 0 Å². The lowest BCUT2D eigenvalue weighted by Gasteiger charge is -2.09. The zero-order valence-electron chi connectivity index (χ0n) is 10.3. The lowest BCUT2D eigenvalue weighted by molar-refractivity contribution is 0.403. The van der Waals surface area contributed by atoms with Crippen LogP contribution in [-0.4, -0.2) is 20.2 Å². The monoisotopic (exact) mass is 242 g/mol. The van der Waals surface area contributed by atoms with Crippen molar-refractivity contribution in [3.8, 4) is 11.5 Å². The van der Waals surface area contributed by atoms with Gasteiger partial charge in [-0.05, 0) is 25.8 Å². The number of hydrogen-bond donors (Lipinski definition) is 3. The molecule has 0 saturated carbocycles. The summed E-state index contributed by atoms with van der Waals surface area (Å²) in [5, 5.41) is 21.0. The second-order valence-corrected chi connectivity index (χ2v) is 4.70. The van der Waals surface area contributed by atoms with Crippen molar-refractivity contribution in [1.29, 1.82) is 0 Å². The Labute approximate surface area is 104 Å². The number of nitrogens with zero attached hydrogens (tertiary/aromatic N) is 1. The largest absolute Gasteiger partial charge is 0.504 e. The molecule has 0 atom stereocenters. The lowest BCUT2D eigenvalue weighted by atomic mass is 10.0. The zero-order valence-corrected chi connectivity index (χ0v) is 10.3. The average molecular weight is 242 g/mol. The van der Waals surface area contributed by atoms with Crippen LogP contribution in [0.2, 0.25) is 0 Å². The molecule has 4 heteroatoms. The van der Waals surface area contributed by atoms with Gasteiger partial charge >= 0.3 is 0 Å². The maximum absolute atomic E-state index is 10.0. The summed E-state index contributed by atoms with van der Waals surface area (Å²) in [6.07, 6.45) is 6.40. The highest BCUT2D eigenvalue weighted by Crippen LogP contribution is 2.33. The molecule has 1 aliphatic rings. The van der Waals surface area contributed by atoms with Crippen LogP contribution >= 0.6 is 0 Å². The molecular formula is C14H14N2O2. The van der Waals surface area contributed by atoms with E-state index in [0.29, 0.717) is 17.5 Å². The number of fused-ring (bicyclic) bond motifs is 3. The Bertz CT molecular complexity index is 794. The Hall–Kier alpha value is -2.23. The molecule has 0 spiro atoms. The fourth-order valence-electron chi connectivity index (χ4n) is 2.24. The molecule has 18 heavy (non-hydrogen) atoms. The van der Waals surface area contributed by atoms with Gasteiger partial charge < -0.3 is 15.2 Å². The number of phenols is 2. The number of imidazole rings is 1. The summed E-state index contributed by atoms with van der Waals surface area (Å²) in [6, 6.07) is 0. The van der Waals surface area contributed by atoms with Crippen molar-refractivity contribution in [3.63, 3.8) is 0 Å². The van der Waals surface area contributed by atoms with Gasteiger partial charge in [-0.2, -0.15) is 0 Å². The smallest absolute Gasteiger partial charge is 0.184 e. The van der Waals surface area contributed by atoms with Crippen molar-refractivity contribution in [2.45, 2.75) is 20.3 Å². The molecule has 0 amide bonds. The normalized spacial score (nSPS) is 13.4. The topological polar surface area (TPSA) is 69.1 Å². The van der Waals surface area contributed by atoms with Gasteiger partial charge in [-0.1, -0.05) is 18.2 Å². The minimum Gasteiger partial charge on any atom is -0.504 e. The average Bonchev–Trinajstić information content (AvgIpc) is 2.81. The first-order valence-electron chi connectivity index (χ1n) is 5.86. The fourth-order valence-corrected chi connectivity index (χ4v) is 2.24. The van der Waals surface area contributed by atoms with E-state index in [2.05, 4.69) is 9.97 Å². The Kier molecular flexibility index (Phi) is 2.20. The van der Waals surface area contributed by atoms with Crippen molar-refractivity contribution in [2.24, 2.45) is 0 Å². The SMILES string of the molecule is CC(C)=c1nc2c3c(c(O)c(O)c2[nH]1)CC=CC=3. The zero-order chi connectivity index (χ0) is 12.9. The van der Waals surface area contributed by atoms with E-state index in [4.69, 9.17) is 0 Å². The number of benzene rings is 1. The van der Waals surface area contributed by atoms with Crippen LogP contribution in [0.15, 0.2) is 12.2 Å². The first-order valence-corrected chi connectivity index (χ1v) is 5.86. The van der Waals surface area contributed by atoms with Crippen LogP contribution in [-0.2, 0) is 6.42 Å². The first-order chi connectivity index (χ1) is 8.59. The van der Waals surface area contributed by atoms with E-state index in [-0.39, 0.29) is 11.5 Å². The lowest BCUT2D eigenvalue weighted by Crippen LogP contribution is -2.14. The van der Waals surface area contributed by atoms with E-state index in [1.165, 1.54) is 0 Å². The predicted octanol–water partition coefficient (Wildman–Crippen LogP) is 1.06. The molecule has 3 rings (SSSR count). The van der Waals surface area contributed by atoms with Gasteiger partial charge in [0.25, 0.3) is 0 Å². The molecule has 0 bridgehead atoms. The maximum atomic E-state index is 10.0. The van der Waals surface area contributed by atoms with Gasteiger partial charge in [-0.15, -0.1) is 0 Å². The minimum atomic E-state index is -0.118. The van der Waals surface area contributed by atoms with E-state index in [1.807, 2.05) is 32.1 Å². The van der Waals surface area contributed by atoms with Crippen LogP contribution in [0.25, 0.3) is 22.7 Å². The van der Waals surface area contributed by atoms with Gasteiger partial charge in [0.15, 0.2) is 11.5 Å². The van der Waals surface area contributed by atoms with E-state index in [0.717, 1.165) is 21.8 Å². The number of hydrogen-bond acceptors (Lipinski definition) is 3. The molecule has 4 nitrogen and oxygen atoms in total. The standard InChI is InChI=1S/C14H14N2O2/c1-7(2)14-15-10-8-5-3-4-6-9(8)12(17)13(18)11(10)16-14/h3-5,16-18H,6H2,1-2H3. The van der Waals surface area contributed by atoms with Crippen LogP contribution < -0.4 is 10.7 Å². The third kappa shape index (κ3) is 1.35. The molecule has 0 fully saturated rings. The summed E-state index contributed by atoms with van der Waals surface area (Å²) >= 11 is 0. The van der Waals surface area contributed by atoms with Gasteiger partial charge in [-0.25, -0.2) is 4.98 Å². The fraction of sp³-hybridized carbons (Fsp3) is 0.214. The highest BCUT2D eigenvalue weighted by molar-refractivity contribution is 5.87. The summed E-state index contributed by atoms with van der Waals surface area (Å²) < 4.78 is 0. The van der Waals surface area contributed by atoms with E-state index < -0.39 is 0 Å². The molecule has 1 aromatic carbocycles. The van der Waals surface area contributed by atoms with Crippen molar-refractivity contribution in [3.05, 3.63) is 28.4 Å². The van der Waals surface area contributed by atoms with Gasteiger partial charge in [-0.3, -0.25) is 0 Å². The second kappa shape index (κ2) is 3.63. The molecule has 1 heterocycles. The highest BCUT2D eigenvalue weighted by Gasteiger charge is 2.17. The summed E-state index contributed by atoms with van der Waals surface area (Å²) in [7, 11) is 0. The number of nitrogens with one attached hydrogen (secondary N) is 1. The van der Waals surface area contributed by atoms with E-state index in [1.54, 1.807) is 0 Å². The predicted molar refractivity (Wildman–Crippen MR) is 70.7 cm³/mol. The third-order valence-corrected chi connectivity index (χ3v) is 3.23. The molecule has 0 radical (unpaired) electrons. The summed E-state index contributed by atoms with van der Waals surface area (Å²) in [4.78, 5) is 7.55. The number of H-pyrrole nitrogens is 1. The quantitative estimate of drug-likeness (QED) is 0.605. The van der Waals surface area contributed by atoms with Crippen LogP contribution in [0.1, 0.15) is 19.4 Å².